The van der Waals surface area contributed by atoms with Gasteiger partial charge in [0.1, 0.15) is 11.8 Å². The van der Waals surface area contributed by atoms with E-state index in [1.165, 1.54) is 0 Å². The molecular weight excluding hydrogens is 254 g/mol. The van der Waals surface area contributed by atoms with Gasteiger partial charge < -0.3 is 4.74 Å². The number of halogens is 1. The molecule has 0 saturated carbocycles. The highest BCUT2D eigenvalue weighted by molar-refractivity contribution is 6.30. The van der Waals surface area contributed by atoms with Crippen LogP contribution in [0.2, 0.25) is 5.02 Å². The molecule has 1 aliphatic rings. The monoisotopic (exact) mass is 271 g/mol. The van der Waals surface area contributed by atoms with Crippen molar-refractivity contribution in [2.75, 3.05) is 6.54 Å². The van der Waals surface area contributed by atoms with Crippen LogP contribution in [0.5, 0.6) is 0 Å². The molecule has 1 unspecified atom stereocenters. The summed E-state index contributed by atoms with van der Waals surface area (Å²) in [5.41, 5.74) is -0.480. The van der Waals surface area contributed by atoms with Crippen LogP contribution in [0.3, 0.4) is 0 Å². The fraction of sp³-hybridized carbons (Fsp3) is 0.667. The molecule has 18 heavy (non-hydrogen) atoms. The lowest BCUT2D eigenvalue weighted by Gasteiger charge is -2.28. The third-order valence-corrected chi connectivity index (χ3v) is 2.92. The van der Waals surface area contributed by atoms with Crippen molar-refractivity contribution in [3.8, 4) is 0 Å². The number of amides is 1. The number of carbonyl (C=O) groups is 1. The topological polar surface area (TPSA) is 47.4 Å². The highest BCUT2D eigenvalue weighted by Gasteiger charge is 2.33. The third-order valence-electron chi connectivity index (χ3n) is 2.72. The van der Waals surface area contributed by atoms with Crippen molar-refractivity contribution >= 4 is 17.7 Å². The average molecular weight is 272 g/mol. The molecule has 5 nitrogen and oxygen atoms in total. The average Bonchev–Trinajstić information content (AvgIpc) is 2.81. The van der Waals surface area contributed by atoms with Gasteiger partial charge in [-0.25, -0.2) is 9.48 Å². The Balaban J connectivity index is 2.10. The maximum atomic E-state index is 12.1. The summed E-state index contributed by atoms with van der Waals surface area (Å²) in [7, 11) is 0. The minimum Gasteiger partial charge on any atom is -0.444 e. The first-order valence-electron chi connectivity index (χ1n) is 6.06. The van der Waals surface area contributed by atoms with Crippen LogP contribution < -0.4 is 0 Å². The van der Waals surface area contributed by atoms with Crippen LogP contribution in [-0.4, -0.2) is 32.9 Å². The van der Waals surface area contributed by atoms with Gasteiger partial charge in [-0.2, -0.15) is 5.10 Å². The maximum absolute atomic E-state index is 12.1. The predicted octanol–water partition coefficient (Wildman–Crippen LogP) is 3.07. The molecule has 6 heteroatoms. The van der Waals surface area contributed by atoms with Crippen molar-refractivity contribution in [1.82, 2.24) is 14.7 Å². The Morgan fingerprint density at radius 1 is 1.56 bits per heavy atom. The van der Waals surface area contributed by atoms with E-state index in [1.54, 1.807) is 22.0 Å². The van der Waals surface area contributed by atoms with Crippen LogP contribution in [0, 0.1) is 0 Å². The number of hydrogen-bond donors (Lipinski definition) is 0. The lowest BCUT2D eigenvalue weighted by Crippen LogP contribution is -2.38. The zero-order valence-electron chi connectivity index (χ0n) is 10.9. The van der Waals surface area contributed by atoms with Crippen molar-refractivity contribution in [2.45, 2.75) is 45.4 Å². The van der Waals surface area contributed by atoms with Gasteiger partial charge in [0, 0.05) is 12.7 Å². The Morgan fingerprint density at radius 2 is 2.28 bits per heavy atom. The van der Waals surface area contributed by atoms with Gasteiger partial charge in [-0.1, -0.05) is 11.6 Å². The molecule has 1 amide bonds. The molecule has 1 fully saturated rings. The summed E-state index contributed by atoms with van der Waals surface area (Å²) in [4.78, 5) is 13.8. The van der Waals surface area contributed by atoms with E-state index in [9.17, 15) is 4.79 Å². The first-order chi connectivity index (χ1) is 8.37. The molecule has 1 saturated heterocycles. The van der Waals surface area contributed by atoms with Gasteiger partial charge in [0.25, 0.3) is 0 Å². The van der Waals surface area contributed by atoms with Crippen LogP contribution >= 0.6 is 11.6 Å². The smallest absolute Gasteiger partial charge is 0.411 e. The summed E-state index contributed by atoms with van der Waals surface area (Å²) >= 11 is 5.85. The Bertz CT molecular complexity index is 439. The Morgan fingerprint density at radius 3 is 2.83 bits per heavy atom. The van der Waals surface area contributed by atoms with E-state index >= 15 is 0 Å². The van der Waals surface area contributed by atoms with Crippen LogP contribution in [0.25, 0.3) is 0 Å². The zero-order valence-corrected chi connectivity index (χ0v) is 11.6. The highest BCUT2D eigenvalue weighted by Crippen LogP contribution is 2.28. The fourth-order valence-electron chi connectivity index (χ4n) is 2.04. The molecule has 1 atom stereocenters. The van der Waals surface area contributed by atoms with Crippen molar-refractivity contribution < 1.29 is 9.53 Å². The minimum atomic E-state index is -0.480. The molecule has 2 rings (SSSR count). The lowest BCUT2D eigenvalue weighted by molar-refractivity contribution is 0.0149. The van der Waals surface area contributed by atoms with E-state index in [0.29, 0.717) is 11.6 Å². The van der Waals surface area contributed by atoms with Gasteiger partial charge >= 0.3 is 6.09 Å². The molecule has 0 aromatic carbocycles. The SMILES string of the molecule is CC(C)(C)OC(=O)N1CCCC1n1cc(Cl)cn1. The van der Waals surface area contributed by atoms with E-state index in [4.69, 9.17) is 16.3 Å². The van der Waals surface area contributed by atoms with E-state index < -0.39 is 5.60 Å². The van der Waals surface area contributed by atoms with Crippen molar-refractivity contribution in [3.05, 3.63) is 17.4 Å². The molecule has 0 bridgehead atoms. The zero-order chi connectivity index (χ0) is 13.3. The number of rotatable bonds is 1. The number of nitrogens with zero attached hydrogens (tertiary/aromatic N) is 3. The molecule has 1 aromatic rings. The Hall–Kier alpha value is -1.23. The number of carbonyl (C=O) groups excluding carboxylic acids is 1. The van der Waals surface area contributed by atoms with E-state index in [0.717, 1.165) is 12.8 Å². The summed E-state index contributed by atoms with van der Waals surface area (Å²) in [5, 5.41) is 4.74. The Kier molecular flexibility index (Phi) is 3.52. The van der Waals surface area contributed by atoms with E-state index in [2.05, 4.69) is 5.10 Å². The summed E-state index contributed by atoms with van der Waals surface area (Å²) in [5.74, 6) is 0. The van der Waals surface area contributed by atoms with Gasteiger partial charge in [0.15, 0.2) is 0 Å². The molecule has 0 N–H and O–H groups in total. The standard InChI is InChI=1S/C12H18ClN3O2/c1-12(2,3)18-11(17)15-6-4-5-10(15)16-8-9(13)7-14-16/h7-8,10H,4-6H2,1-3H3. The second-order valence-corrected chi connectivity index (χ2v) is 5.87. The number of aromatic nitrogens is 2. The number of hydrogen-bond acceptors (Lipinski definition) is 3. The van der Waals surface area contributed by atoms with Gasteiger partial charge in [-0.05, 0) is 33.6 Å². The third kappa shape index (κ3) is 2.96. The van der Waals surface area contributed by atoms with Crippen molar-refractivity contribution in [3.63, 3.8) is 0 Å². The van der Waals surface area contributed by atoms with Gasteiger partial charge in [0.05, 0.1) is 11.2 Å². The first-order valence-corrected chi connectivity index (χ1v) is 6.44. The molecule has 0 aliphatic carbocycles. The summed E-state index contributed by atoms with van der Waals surface area (Å²) in [6.07, 6.45) is 4.74. The summed E-state index contributed by atoms with van der Waals surface area (Å²) < 4.78 is 7.11. The first kappa shape index (κ1) is 13.2. The van der Waals surface area contributed by atoms with Crippen molar-refractivity contribution in [1.29, 1.82) is 0 Å². The molecule has 1 aliphatic heterocycles. The second-order valence-electron chi connectivity index (χ2n) is 5.44. The van der Waals surface area contributed by atoms with E-state index in [1.807, 2.05) is 20.8 Å². The van der Waals surface area contributed by atoms with Gasteiger partial charge in [0.2, 0.25) is 0 Å². The molecule has 1 aromatic heterocycles. The molecule has 0 radical (unpaired) electrons. The van der Waals surface area contributed by atoms with Crippen molar-refractivity contribution in [2.24, 2.45) is 0 Å². The summed E-state index contributed by atoms with van der Waals surface area (Å²) in [6, 6.07) is 0. The quantitative estimate of drug-likeness (QED) is 0.789. The van der Waals surface area contributed by atoms with Crippen LogP contribution in [0.1, 0.15) is 39.8 Å². The fourth-order valence-corrected chi connectivity index (χ4v) is 2.18. The largest absolute Gasteiger partial charge is 0.444 e. The van der Waals surface area contributed by atoms with Crippen LogP contribution in [-0.2, 0) is 4.74 Å². The molecule has 100 valence electrons. The van der Waals surface area contributed by atoms with E-state index in [-0.39, 0.29) is 12.3 Å². The second kappa shape index (κ2) is 4.80. The maximum Gasteiger partial charge on any atom is 0.411 e. The normalized spacial score (nSPS) is 20.2. The van der Waals surface area contributed by atoms with Crippen LogP contribution in [0.15, 0.2) is 12.4 Å². The lowest BCUT2D eigenvalue weighted by atomic mass is 10.2. The predicted molar refractivity (Wildman–Crippen MR) is 68.4 cm³/mol. The minimum absolute atomic E-state index is 0.0904. The van der Waals surface area contributed by atoms with Crippen LogP contribution in [0.4, 0.5) is 4.79 Å². The highest BCUT2D eigenvalue weighted by atomic mass is 35.5. The van der Waals surface area contributed by atoms with Gasteiger partial charge in [-0.15, -0.1) is 0 Å². The number of likely N-dealkylation sites (tertiary alicyclic amines) is 1. The Labute approximate surface area is 112 Å². The van der Waals surface area contributed by atoms with Gasteiger partial charge in [-0.3, -0.25) is 4.90 Å². The summed E-state index contributed by atoms with van der Waals surface area (Å²) in [6.45, 7) is 6.28. The molecule has 2 heterocycles. The molecular formula is C12H18ClN3O2. The molecule has 0 spiro atoms. The number of ether oxygens (including phenoxy) is 1.